The standard InChI is InChI=1S/C12H15FN2O4/c1-7(6-16)8(2)14-12(17)9-3-4-10(13)11(5-9)15(18)19/h3-5,7-8,16H,6H2,1-2H3,(H,14,17). The van der Waals surface area contributed by atoms with Crippen LogP contribution in [-0.4, -0.2) is 28.6 Å². The van der Waals surface area contributed by atoms with Crippen molar-refractivity contribution in [3.8, 4) is 0 Å². The first-order valence-electron chi connectivity index (χ1n) is 5.72. The molecule has 0 fully saturated rings. The summed E-state index contributed by atoms with van der Waals surface area (Å²) < 4.78 is 13.1. The van der Waals surface area contributed by atoms with Gasteiger partial charge in [0.05, 0.1) is 4.92 Å². The summed E-state index contributed by atoms with van der Waals surface area (Å²) in [5, 5.41) is 22.1. The van der Waals surface area contributed by atoms with Crippen molar-refractivity contribution in [3.63, 3.8) is 0 Å². The molecule has 19 heavy (non-hydrogen) atoms. The van der Waals surface area contributed by atoms with Crippen molar-refractivity contribution in [2.45, 2.75) is 19.9 Å². The van der Waals surface area contributed by atoms with Crippen molar-refractivity contribution in [2.24, 2.45) is 5.92 Å². The van der Waals surface area contributed by atoms with E-state index in [0.29, 0.717) is 0 Å². The summed E-state index contributed by atoms with van der Waals surface area (Å²) in [6.45, 7) is 3.36. The summed E-state index contributed by atoms with van der Waals surface area (Å²) in [6.07, 6.45) is 0. The number of nitrogens with zero attached hydrogens (tertiary/aromatic N) is 1. The Kier molecular flexibility index (Phi) is 4.94. The van der Waals surface area contributed by atoms with Gasteiger partial charge in [-0.3, -0.25) is 14.9 Å². The Morgan fingerprint density at radius 1 is 1.53 bits per heavy atom. The smallest absolute Gasteiger partial charge is 0.305 e. The van der Waals surface area contributed by atoms with Gasteiger partial charge in [-0.2, -0.15) is 4.39 Å². The van der Waals surface area contributed by atoms with E-state index in [9.17, 15) is 19.3 Å². The molecule has 0 saturated heterocycles. The zero-order valence-electron chi connectivity index (χ0n) is 10.6. The molecule has 0 heterocycles. The third kappa shape index (κ3) is 3.72. The highest BCUT2D eigenvalue weighted by Gasteiger charge is 2.19. The second kappa shape index (κ2) is 6.24. The van der Waals surface area contributed by atoms with Gasteiger partial charge in [0, 0.05) is 24.3 Å². The summed E-state index contributed by atoms with van der Waals surface area (Å²) in [5.74, 6) is -1.69. The van der Waals surface area contributed by atoms with Gasteiger partial charge in [-0.25, -0.2) is 0 Å². The fraction of sp³-hybridized carbons (Fsp3) is 0.417. The predicted molar refractivity (Wildman–Crippen MR) is 66.2 cm³/mol. The lowest BCUT2D eigenvalue weighted by molar-refractivity contribution is -0.387. The number of carbonyl (C=O) groups excluding carboxylic acids is 1. The lowest BCUT2D eigenvalue weighted by Crippen LogP contribution is -2.38. The molecule has 2 N–H and O–H groups in total. The minimum Gasteiger partial charge on any atom is -0.396 e. The molecule has 0 aliphatic heterocycles. The molecule has 1 rings (SSSR count). The van der Waals surface area contributed by atoms with E-state index >= 15 is 0 Å². The van der Waals surface area contributed by atoms with Crippen LogP contribution in [0.5, 0.6) is 0 Å². The molecular weight excluding hydrogens is 255 g/mol. The van der Waals surface area contributed by atoms with E-state index in [-0.39, 0.29) is 24.1 Å². The van der Waals surface area contributed by atoms with Gasteiger partial charge in [-0.1, -0.05) is 6.92 Å². The number of nitro benzene ring substituents is 1. The Balaban J connectivity index is 2.89. The Labute approximate surface area is 109 Å². The van der Waals surface area contributed by atoms with Gasteiger partial charge in [0.2, 0.25) is 5.82 Å². The number of aliphatic hydroxyl groups excluding tert-OH is 1. The molecule has 2 unspecified atom stereocenters. The summed E-state index contributed by atoms with van der Waals surface area (Å²) in [5.41, 5.74) is -0.736. The summed E-state index contributed by atoms with van der Waals surface area (Å²) in [7, 11) is 0. The normalized spacial score (nSPS) is 13.7. The van der Waals surface area contributed by atoms with Gasteiger partial charge in [0.1, 0.15) is 0 Å². The van der Waals surface area contributed by atoms with Gasteiger partial charge in [0.25, 0.3) is 5.91 Å². The van der Waals surface area contributed by atoms with Gasteiger partial charge in [0.15, 0.2) is 0 Å². The number of hydrogen-bond donors (Lipinski definition) is 2. The maximum Gasteiger partial charge on any atom is 0.305 e. The summed E-state index contributed by atoms with van der Waals surface area (Å²) >= 11 is 0. The van der Waals surface area contributed by atoms with Crippen molar-refractivity contribution in [3.05, 3.63) is 39.7 Å². The minimum absolute atomic E-state index is 0.00471. The number of nitrogens with one attached hydrogen (secondary N) is 1. The van der Waals surface area contributed by atoms with Gasteiger partial charge in [-0.15, -0.1) is 0 Å². The lowest BCUT2D eigenvalue weighted by atomic mass is 10.0. The molecule has 0 saturated carbocycles. The van der Waals surface area contributed by atoms with Crippen molar-refractivity contribution in [1.82, 2.24) is 5.32 Å². The summed E-state index contributed by atoms with van der Waals surface area (Å²) in [6, 6.07) is 2.64. The Hall–Kier alpha value is -2.02. The molecule has 0 bridgehead atoms. The van der Waals surface area contributed by atoms with E-state index in [1.807, 2.05) is 0 Å². The number of carbonyl (C=O) groups is 1. The average molecular weight is 270 g/mol. The number of amides is 1. The molecule has 0 spiro atoms. The van der Waals surface area contributed by atoms with Crippen molar-refractivity contribution in [1.29, 1.82) is 0 Å². The lowest BCUT2D eigenvalue weighted by Gasteiger charge is -2.19. The molecule has 0 aliphatic carbocycles. The third-order valence-corrected chi connectivity index (χ3v) is 2.91. The molecule has 0 aromatic heterocycles. The van der Waals surface area contributed by atoms with Gasteiger partial charge < -0.3 is 10.4 Å². The van der Waals surface area contributed by atoms with Crippen LogP contribution >= 0.6 is 0 Å². The highest BCUT2D eigenvalue weighted by Crippen LogP contribution is 2.18. The van der Waals surface area contributed by atoms with Crippen LogP contribution in [-0.2, 0) is 0 Å². The largest absolute Gasteiger partial charge is 0.396 e. The van der Waals surface area contributed by atoms with Crippen molar-refractivity contribution in [2.75, 3.05) is 6.61 Å². The number of rotatable bonds is 5. The zero-order valence-corrected chi connectivity index (χ0v) is 10.6. The molecular formula is C12H15FN2O4. The number of benzene rings is 1. The fourth-order valence-electron chi connectivity index (χ4n) is 1.38. The Bertz CT molecular complexity index is 493. The van der Waals surface area contributed by atoms with Gasteiger partial charge in [-0.05, 0) is 25.0 Å². The van der Waals surface area contributed by atoms with E-state index in [4.69, 9.17) is 5.11 Å². The first-order valence-corrected chi connectivity index (χ1v) is 5.72. The number of halogens is 1. The first-order chi connectivity index (χ1) is 8.86. The number of aliphatic hydroxyl groups is 1. The summed E-state index contributed by atoms with van der Waals surface area (Å²) in [4.78, 5) is 21.5. The maximum atomic E-state index is 13.1. The molecule has 0 radical (unpaired) electrons. The Morgan fingerprint density at radius 3 is 2.68 bits per heavy atom. The number of hydrogen-bond acceptors (Lipinski definition) is 4. The third-order valence-electron chi connectivity index (χ3n) is 2.91. The van der Waals surface area contributed by atoms with Crippen LogP contribution in [0.25, 0.3) is 0 Å². The predicted octanol–water partition coefficient (Wildman–Crippen LogP) is 1.48. The molecule has 1 aromatic carbocycles. The van der Waals surface area contributed by atoms with Crippen LogP contribution in [0, 0.1) is 21.8 Å². The van der Waals surface area contributed by atoms with Crippen molar-refractivity contribution < 1.29 is 19.2 Å². The van der Waals surface area contributed by atoms with Crippen LogP contribution in [0.15, 0.2) is 18.2 Å². The molecule has 1 amide bonds. The first kappa shape index (κ1) is 15.0. The molecule has 104 valence electrons. The van der Waals surface area contributed by atoms with Crippen LogP contribution < -0.4 is 5.32 Å². The molecule has 6 nitrogen and oxygen atoms in total. The Morgan fingerprint density at radius 2 is 2.16 bits per heavy atom. The van der Waals surface area contributed by atoms with Crippen LogP contribution in [0.1, 0.15) is 24.2 Å². The molecule has 2 atom stereocenters. The quantitative estimate of drug-likeness (QED) is 0.626. The monoisotopic (exact) mass is 270 g/mol. The van der Waals surface area contributed by atoms with E-state index < -0.39 is 22.3 Å². The highest BCUT2D eigenvalue weighted by molar-refractivity contribution is 5.95. The van der Waals surface area contributed by atoms with Crippen molar-refractivity contribution >= 4 is 11.6 Å². The van der Waals surface area contributed by atoms with Crippen LogP contribution in [0.2, 0.25) is 0 Å². The molecule has 1 aromatic rings. The second-order valence-corrected chi connectivity index (χ2v) is 4.35. The average Bonchev–Trinajstić information content (AvgIpc) is 2.37. The van der Waals surface area contributed by atoms with Gasteiger partial charge >= 0.3 is 5.69 Å². The fourth-order valence-corrected chi connectivity index (χ4v) is 1.38. The van der Waals surface area contributed by atoms with Crippen LogP contribution in [0.3, 0.4) is 0 Å². The minimum atomic E-state index is -0.988. The number of nitro groups is 1. The highest BCUT2D eigenvalue weighted by atomic mass is 19.1. The van der Waals surface area contributed by atoms with E-state index in [1.165, 1.54) is 6.07 Å². The zero-order chi connectivity index (χ0) is 14.6. The SMILES string of the molecule is CC(CO)C(C)NC(=O)c1ccc(F)c([N+](=O)[O-])c1. The van der Waals surface area contributed by atoms with E-state index in [2.05, 4.69) is 5.32 Å². The van der Waals surface area contributed by atoms with Crippen LogP contribution in [0.4, 0.5) is 10.1 Å². The molecule has 7 heteroatoms. The molecule has 0 aliphatic rings. The topological polar surface area (TPSA) is 92.5 Å². The second-order valence-electron chi connectivity index (χ2n) is 4.35. The maximum absolute atomic E-state index is 13.1. The van der Waals surface area contributed by atoms with E-state index in [0.717, 1.165) is 12.1 Å². The van der Waals surface area contributed by atoms with E-state index in [1.54, 1.807) is 13.8 Å².